The van der Waals surface area contributed by atoms with Crippen molar-refractivity contribution < 1.29 is 5.11 Å². The van der Waals surface area contributed by atoms with Crippen molar-refractivity contribution in [2.45, 2.75) is 39.3 Å². The maximum atomic E-state index is 10.3. The molecule has 1 aromatic rings. The van der Waals surface area contributed by atoms with Crippen LogP contribution in [0.2, 0.25) is 0 Å². The molecule has 1 fully saturated rings. The Hall–Kier alpha value is -0.860. The molecule has 1 aromatic carbocycles. The Morgan fingerprint density at radius 3 is 2.47 bits per heavy atom. The van der Waals surface area contributed by atoms with Gasteiger partial charge >= 0.3 is 0 Å². The van der Waals surface area contributed by atoms with Gasteiger partial charge in [0, 0.05) is 19.0 Å². The maximum Gasteiger partial charge on any atom is 0.0585 e. The first-order chi connectivity index (χ1) is 9.06. The molecule has 0 radical (unpaired) electrons. The van der Waals surface area contributed by atoms with Crippen LogP contribution in [-0.4, -0.2) is 29.7 Å². The predicted octanol–water partition coefficient (Wildman–Crippen LogP) is 3.16. The average molecular weight is 261 g/mol. The van der Waals surface area contributed by atoms with E-state index in [1.165, 1.54) is 12.0 Å². The maximum absolute atomic E-state index is 10.3. The van der Waals surface area contributed by atoms with Crippen molar-refractivity contribution in [3.63, 3.8) is 0 Å². The molecule has 19 heavy (non-hydrogen) atoms. The van der Waals surface area contributed by atoms with Crippen LogP contribution in [0.5, 0.6) is 0 Å². The van der Waals surface area contributed by atoms with Gasteiger partial charge in [-0.05, 0) is 37.3 Å². The van der Waals surface area contributed by atoms with E-state index in [1.807, 2.05) is 0 Å². The molecule has 0 bridgehead atoms. The van der Waals surface area contributed by atoms with Crippen LogP contribution in [0.15, 0.2) is 30.3 Å². The van der Waals surface area contributed by atoms with Crippen LogP contribution in [0.3, 0.4) is 0 Å². The summed E-state index contributed by atoms with van der Waals surface area (Å²) < 4.78 is 0. The van der Waals surface area contributed by atoms with Crippen molar-refractivity contribution in [2.24, 2.45) is 17.8 Å². The Morgan fingerprint density at radius 1 is 1.16 bits per heavy atom. The molecule has 4 atom stereocenters. The number of aliphatic hydroxyl groups is 1. The zero-order valence-corrected chi connectivity index (χ0v) is 12.4. The van der Waals surface area contributed by atoms with E-state index in [2.05, 4.69) is 56.1 Å². The van der Waals surface area contributed by atoms with Crippen LogP contribution in [0.25, 0.3) is 0 Å². The fraction of sp³-hybridized carbons (Fsp3) is 0.647. The molecule has 2 nitrogen and oxygen atoms in total. The van der Waals surface area contributed by atoms with Gasteiger partial charge in [-0.2, -0.15) is 0 Å². The highest BCUT2D eigenvalue weighted by Gasteiger charge is 2.33. The summed E-state index contributed by atoms with van der Waals surface area (Å²) in [7, 11) is 2.16. The number of benzene rings is 1. The van der Waals surface area contributed by atoms with Crippen LogP contribution in [0.1, 0.15) is 32.3 Å². The van der Waals surface area contributed by atoms with E-state index >= 15 is 0 Å². The first kappa shape index (κ1) is 14.5. The van der Waals surface area contributed by atoms with Crippen LogP contribution in [0.4, 0.5) is 0 Å². The van der Waals surface area contributed by atoms with E-state index < -0.39 is 0 Å². The summed E-state index contributed by atoms with van der Waals surface area (Å²) in [6.07, 6.45) is 2.09. The van der Waals surface area contributed by atoms with E-state index in [1.54, 1.807) is 0 Å². The molecule has 0 saturated heterocycles. The minimum Gasteiger partial charge on any atom is -0.393 e. The summed E-state index contributed by atoms with van der Waals surface area (Å²) in [5, 5.41) is 10.3. The molecule has 2 heteroatoms. The summed E-state index contributed by atoms with van der Waals surface area (Å²) in [4.78, 5) is 2.34. The van der Waals surface area contributed by atoms with Gasteiger partial charge in [0.15, 0.2) is 0 Å². The smallest absolute Gasteiger partial charge is 0.0585 e. The molecule has 1 N–H and O–H groups in total. The quantitative estimate of drug-likeness (QED) is 0.900. The van der Waals surface area contributed by atoms with Crippen molar-refractivity contribution in [1.82, 2.24) is 4.90 Å². The number of hydrogen-bond donors (Lipinski definition) is 1. The lowest BCUT2D eigenvalue weighted by Crippen LogP contribution is -2.41. The molecule has 0 spiro atoms. The van der Waals surface area contributed by atoms with Gasteiger partial charge in [0.1, 0.15) is 0 Å². The third-order valence-electron chi connectivity index (χ3n) is 4.46. The molecule has 2 rings (SSSR count). The third-order valence-corrected chi connectivity index (χ3v) is 4.46. The average Bonchev–Trinajstić information content (AvgIpc) is 2.35. The Bertz CT molecular complexity index is 366. The Labute approximate surface area is 117 Å². The molecule has 0 aliphatic heterocycles. The van der Waals surface area contributed by atoms with Crippen LogP contribution >= 0.6 is 0 Å². The Kier molecular flexibility index (Phi) is 5.00. The van der Waals surface area contributed by atoms with E-state index in [-0.39, 0.29) is 6.10 Å². The molecule has 0 heterocycles. The number of aliphatic hydroxyl groups excluding tert-OH is 1. The fourth-order valence-corrected chi connectivity index (χ4v) is 3.49. The number of rotatable bonds is 4. The monoisotopic (exact) mass is 261 g/mol. The van der Waals surface area contributed by atoms with E-state index in [0.717, 1.165) is 19.5 Å². The number of hydrogen-bond acceptors (Lipinski definition) is 2. The van der Waals surface area contributed by atoms with Crippen LogP contribution in [0, 0.1) is 17.8 Å². The minimum atomic E-state index is -0.128. The summed E-state index contributed by atoms with van der Waals surface area (Å²) >= 11 is 0. The van der Waals surface area contributed by atoms with Crippen molar-refractivity contribution in [1.29, 1.82) is 0 Å². The first-order valence-corrected chi connectivity index (χ1v) is 7.46. The lowest BCUT2D eigenvalue weighted by Gasteiger charge is -2.39. The second kappa shape index (κ2) is 6.53. The van der Waals surface area contributed by atoms with E-state index in [9.17, 15) is 5.11 Å². The van der Waals surface area contributed by atoms with Gasteiger partial charge in [0.05, 0.1) is 6.10 Å². The van der Waals surface area contributed by atoms with Gasteiger partial charge in [0.2, 0.25) is 0 Å². The summed E-state index contributed by atoms with van der Waals surface area (Å²) in [5.41, 5.74) is 1.34. The largest absolute Gasteiger partial charge is 0.393 e. The lowest BCUT2D eigenvalue weighted by atomic mass is 9.73. The second-order valence-corrected chi connectivity index (χ2v) is 6.47. The zero-order valence-electron chi connectivity index (χ0n) is 12.4. The van der Waals surface area contributed by atoms with Gasteiger partial charge in [-0.15, -0.1) is 0 Å². The van der Waals surface area contributed by atoms with Crippen LogP contribution < -0.4 is 0 Å². The molecule has 1 aliphatic carbocycles. The molecular weight excluding hydrogens is 234 g/mol. The number of nitrogens with zero attached hydrogens (tertiary/aromatic N) is 1. The molecule has 1 saturated carbocycles. The van der Waals surface area contributed by atoms with Gasteiger partial charge in [-0.1, -0.05) is 44.2 Å². The Morgan fingerprint density at radius 2 is 1.84 bits per heavy atom. The van der Waals surface area contributed by atoms with Gasteiger partial charge in [-0.25, -0.2) is 0 Å². The third kappa shape index (κ3) is 4.05. The normalized spacial score (nSPS) is 31.6. The molecule has 4 unspecified atom stereocenters. The van der Waals surface area contributed by atoms with E-state index in [0.29, 0.717) is 17.8 Å². The first-order valence-electron chi connectivity index (χ1n) is 7.46. The van der Waals surface area contributed by atoms with Gasteiger partial charge < -0.3 is 10.0 Å². The van der Waals surface area contributed by atoms with Crippen LogP contribution in [-0.2, 0) is 6.54 Å². The van der Waals surface area contributed by atoms with Crippen molar-refractivity contribution >= 4 is 0 Å². The summed E-state index contributed by atoms with van der Waals surface area (Å²) in [6.45, 7) is 6.50. The SMILES string of the molecule is CC1CC(C)C(CN(C)Cc2ccccc2)C(O)C1. The molecule has 106 valence electrons. The summed E-state index contributed by atoms with van der Waals surface area (Å²) in [6, 6.07) is 10.6. The highest BCUT2D eigenvalue weighted by molar-refractivity contribution is 5.14. The van der Waals surface area contributed by atoms with Gasteiger partial charge in [0.25, 0.3) is 0 Å². The minimum absolute atomic E-state index is 0.128. The predicted molar refractivity (Wildman–Crippen MR) is 79.8 cm³/mol. The van der Waals surface area contributed by atoms with Crippen molar-refractivity contribution in [3.8, 4) is 0 Å². The highest BCUT2D eigenvalue weighted by atomic mass is 16.3. The zero-order chi connectivity index (χ0) is 13.8. The molecule has 0 amide bonds. The summed E-state index contributed by atoms with van der Waals surface area (Å²) in [5.74, 6) is 1.71. The van der Waals surface area contributed by atoms with Crippen molar-refractivity contribution in [3.05, 3.63) is 35.9 Å². The second-order valence-electron chi connectivity index (χ2n) is 6.47. The fourth-order valence-electron chi connectivity index (χ4n) is 3.49. The van der Waals surface area contributed by atoms with Crippen molar-refractivity contribution in [2.75, 3.05) is 13.6 Å². The highest BCUT2D eigenvalue weighted by Crippen LogP contribution is 2.34. The molecule has 0 aromatic heterocycles. The lowest BCUT2D eigenvalue weighted by molar-refractivity contribution is 0.000596. The standard InChI is InChI=1S/C17H27NO/c1-13-9-14(2)16(17(19)10-13)12-18(3)11-15-7-5-4-6-8-15/h4-8,13-14,16-17,19H,9-12H2,1-3H3. The van der Waals surface area contributed by atoms with E-state index in [4.69, 9.17) is 0 Å². The topological polar surface area (TPSA) is 23.5 Å². The Balaban J connectivity index is 1.89. The molecular formula is C17H27NO. The molecule has 1 aliphatic rings. The van der Waals surface area contributed by atoms with Gasteiger partial charge in [-0.3, -0.25) is 0 Å².